The van der Waals surface area contributed by atoms with E-state index in [4.69, 9.17) is 4.74 Å². The highest BCUT2D eigenvalue weighted by Crippen LogP contribution is 2.37. The molecule has 0 radical (unpaired) electrons. The molecule has 0 unspecified atom stereocenters. The largest absolute Gasteiger partial charge is 0.478 e. The number of carbonyl (C=O) groups excluding carboxylic acids is 3. The van der Waals surface area contributed by atoms with Gasteiger partial charge in [-0.25, -0.2) is 9.78 Å². The van der Waals surface area contributed by atoms with E-state index in [1.165, 1.54) is 24.0 Å². The number of hydrogen-bond donors (Lipinski definition) is 1. The van der Waals surface area contributed by atoms with Crippen LogP contribution in [0.1, 0.15) is 38.8 Å². The molecule has 0 atom stereocenters. The van der Waals surface area contributed by atoms with Crippen LogP contribution < -0.4 is 9.64 Å². The third kappa shape index (κ3) is 6.85. The molecular weight excluding hydrogens is 557 g/mol. The van der Waals surface area contributed by atoms with E-state index in [0.717, 1.165) is 34.9 Å². The van der Waals surface area contributed by atoms with Crippen LogP contribution in [0, 0.1) is 6.92 Å². The fourth-order valence-corrected chi connectivity index (χ4v) is 4.41. The Morgan fingerprint density at radius 3 is 2.21 bits per heavy atom. The summed E-state index contributed by atoms with van der Waals surface area (Å²) in [5.41, 5.74) is -0.731. The number of nitrogens with zero attached hydrogens (tertiary/aromatic N) is 4. The van der Waals surface area contributed by atoms with Crippen molar-refractivity contribution in [3.05, 3.63) is 83.0 Å². The maximum atomic E-state index is 13.7. The van der Waals surface area contributed by atoms with E-state index in [9.17, 15) is 37.5 Å². The number of alkyl halides is 3. The number of halogens is 3. The van der Waals surface area contributed by atoms with Crippen molar-refractivity contribution < 1.29 is 42.2 Å². The fraction of sp³-hybridized carbons (Fsp3) is 0.276. The van der Waals surface area contributed by atoms with Gasteiger partial charge in [0, 0.05) is 44.9 Å². The highest BCUT2D eigenvalue weighted by Gasteiger charge is 2.35. The highest BCUT2D eigenvalue weighted by atomic mass is 19.4. The molecule has 1 saturated heterocycles. The van der Waals surface area contributed by atoms with Crippen LogP contribution >= 0.6 is 0 Å². The van der Waals surface area contributed by atoms with Gasteiger partial charge < -0.3 is 19.6 Å². The molecule has 2 aromatic carbocycles. The average molecular weight is 585 g/mol. The quantitative estimate of drug-likeness (QED) is 0.441. The van der Waals surface area contributed by atoms with E-state index in [0.29, 0.717) is 13.1 Å². The lowest BCUT2D eigenvalue weighted by atomic mass is 10.1. The van der Waals surface area contributed by atoms with Gasteiger partial charge in [-0.2, -0.15) is 13.2 Å². The minimum atomic E-state index is -4.77. The fourth-order valence-electron chi connectivity index (χ4n) is 4.41. The van der Waals surface area contributed by atoms with E-state index >= 15 is 0 Å². The first-order valence-corrected chi connectivity index (χ1v) is 12.8. The summed E-state index contributed by atoms with van der Waals surface area (Å²) in [6, 6.07) is 11.7. The van der Waals surface area contributed by atoms with Gasteiger partial charge in [-0.15, -0.1) is 0 Å². The van der Waals surface area contributed by atoms with E-state index < -0.39 is 47.5 Å². The summed E-state index contributed by atoms with van der Waals surface area (Å²) in [4.78, 5) is 58.7. The number of hydrogen-bond acceptors (Lipinski definition) is 6. The van der Waals surface area contributed by atoms with Gasteiger partial charge in [0.1, 0.15) is 17.9 Å². The van der Waals surface area contributed by atoms with Crippen LogP contribution in [0.25, 0.3) is 0 Å². The first-order valence-electron chi connectivity index (χ1n) is 12.8. The third-order valence-corrected chi connectivity index (χ3v) is 6.70. The predicted octanol–water partition coefficient (Wildman–Crippen LogP) is 4.24. The smallest absolute Gasteiger partial charge is 0.421 e. The number of pyridine rings is 1. The molecular formula is C29H27F3N4O6. The molecule has 3 amide bonds. The van der Waals surface area contributed by atoms with Crippen molar-refractivity contribution in [2.24, 2.45) is 0 Å². The lowest BCUT2D eigenvalue weighted by Crippen LogP contribution is -2.53. The molecule has 1 N–H and O–H groups in total. The second kappa shape index (κ2) is 12.3. The number of piperazine rings is 1. The van der Waals surface area contributed by atoms with E-state index in [-0.39, 0.29) is 36.0 Å². The number of aromatic carboxylic acids is 1. The van der Waals surface area contributed by atoms with Crippen LogP contribution in [-0.2, 0) is 15.8 Å². The summed E-state index contributed by atoms with van der Waals surface area (Å²) >= 11 is 0. The van der Waals surface area contributed by atoms with Crippen LogP contribution in [-0.4, -0.2) is 76.3 Å². The second-order valence-electron chi connectivity index (χ2n) is 9.58. The van der Waals surface area contributed by atoms with Gasteiger partial charge in [-0.05, 0) is 49.4 Å². The Hall–Kier alpha value is -4.94. The average Bonchev–Trinajstić information content (AvgIpc) is 2.95. The Balaban J connectivity index is 1.69. The van der Waals surface area contributed by atoms with Gasteiger partial charge in [0.05, 0.1) is 11.3 Å². The van der Waals surface area contributed by atoms with Gasteiger partial charge in [-0.1, -0.05) is 17.7 Å². The normalized spacial score (nSPS) is 13.5. The molecule has 10 nitrogen and oxygen atoms in total. The van der Waals surface area contributed by atoms with Crippen LogP contribution in [0.15, 0.2) is 60.8 Å². The Morgan fingerprint density at radius 2 is 1.62 bits per heavy atom. The molecule has 220 valence electrons. The van der Waals surface area contributed by atoms with Gasteiger partial charge in [0.2, 0.25) is 17.7 Å². The monoisotopic (exact) mass is 584 g/mol. The molecule has 2 heterocycles. The number of amides is 3. The summed E-state index contributed by atoms with van der Waals surface area (Å²) in [5, 5.41) is 10.0. The summed E-state index contributed by atoms with van der Waals surface area (Å²) in [6.07, 6.45) is -3.67. The Morgan fingerprint density at radius 1 is 0.976 bits per heavy atom. The van der Waals surface area contributed by atoms with Gasteiger partial charge in [-0.3, -0.25) is 19.3 Å². The van der Waals surface area contributed by atoms with E-state index in [1.54, 1.807) is 29.2 Å². The Kier molecular flexibility index (Phi) is 8.79. The zero-order valence-electron chi connectivity index (χ0n) is 22.7. The molecule has 42 heavy (non-hydrogen) atoms. The van der Waals surface area contributed by atoms with E-state index in [1.807, 2.05) is 6.92 Å². The van der Waals surface area contributed by atoms with Gasteiger partial charge in [0.25, 0.3) is 5.91 Å². The second-order valence-corrected chi connectivity index (χ2v) is 9.58. The molecule has 1 fully saturated rings. The molecule has 1 aromatic heterocycles. The first-order chi connectivity index (χ1) is 19.8. The standard InChI is InChI=1S/C29H27F3N4O6/c1-18-5-7-20(8-6-18)27(39)36(17-25(38)35-14-12-34(13-15-35)19(2)37)24-10-9-21(16-22(24)28(40)41)42-26-23(29(30,31)32)4-3-11-33-26/h3-11,16H,12-15,17H2,1-2H3,(H,40,41). The molecule has 1 aliphatic rings. The number of aromatic nitrogens is 1. The summed E-state index contributed by atoms with van der Waals surface area (Å²) < 4.78 is 45.6. The van der Waals surface area contributed by atoms with Gasteiger partial charge in [0.15, 0.2) is 0 Å². The number of aryl methyl sites for hydroxylation is 1. The van der Waals surface area contributed by atoms with Gasteiger partial charge >= 0.3 is 12.1 Å². The minimum absolute atomic E-state index is 0.125. The topological polar surface area (TPSA) is 120 Å². The maximum absolute atomic E-state index is 13.7. The number of carboxylic acids is 1. The number of ether oxygens (including phenoxy) is 1. The maximum Gasteiger partial charge on any atom is 0.421 e. The Labute approximate surface area is 238 Å². The molecule has 0 bridgehead atoms. The molecule has 3 aromatic rings. The molecule has 1 aliphatic heterocycles. The van der Waals surface area contributed by atoms with Crippen molar-refractivity contribution in [3.63, 3.8) is 0 Å². The van der Waals surface area contributed by atoms with Crippen LogP contribution in [0.5, 0.6) is 11.6 Å². The number of carboxylic acid groups (broad SMARTS) is 1. The molecule has 0 saturated carbocycles. The molecule has 13 heteroatoms. The van der Waals surface area contributed by atoms with Crippen molar-refractivity contribution in [2.45, 2.75) is 20.0 Å². The summed E-state index contributed by atoms with van der Waals surface area (Å²) in [7, 11) is 0. The van der Waals surface area contributed by atoms with Crippen molar-refractivity contribution in [3.8, 4) is 11.6 Å². The number of carbonyl (C=O) groups is 4. The number of anilines is 1. The Bertz CT molecular complexity index is 1500. The van der Waals surface area contributed by atoms with Crippen LogP contribution in [0.3, 0.4) is 0 Å². The zero-order valence-corrected chi connectivity index (χ0v) is 22.7. The molecule has 0 aliphatic carbocycles. The number of benzene rings is 2. The minimum Gasteiger partial charge on any atom is -0.478 e. The van der Waals surface area contributed by atoms with E-state index in [2.05, 4.69) is 4.98 Å². The van der Waals surface area contributed by atoms with Crippen LogP contribution in [0.2, 0.25) is 0 Å². The lowest BCUT2D eigenvalue weighted by molar-refractivity contribution is -0.139. The SMILES string of the molecule is CC(=O)N1CCN(C(=O)CN(C(=O)c2ccc(C)cc2)c2ccc(Oc3ncccc3C(F)(F)F)cc2C(=O)O)CC1. The summed E-state index contributed by atoms with van der Waals surface area (Å²) in [6.45, 7) is 3.82. The highest BCUT2D eigenvalue weighted by molar-refractivity contribution is 6.11. The zero-order chi connectivity index (χ0) is 30.6. The first kappa shape index (κ1) is 30.0. The lowest BCUT2D eigenvalue weighted by Gasteiger charge is -2.35. The molecule has 4 rings (SSSR count). The van der Waals surface area contributed by atoms with Crippen molar-refractivity contribution >= 4 is 29.4 Å². The van der Waals surface area contributed by atoms with Crippen molar-refractivity contribution in [2.75, 3.05) is 37.6 Å². The van der Waals surface area contributed by atoms with Crippen LogP contribution in [0.4, 0.5) is 18.9 Å². The van der Waals surface area contributed by atoms with Crippen molar-refractivity contribution in [1.82, 2.24) is 14.8 Å². The predicted molar refractivity (Wildman–Crippen MR) is 144 cm³/mol. The number of rotatable bonds is 7. The molecule has 0 spiro atoms. The third-order valence-electron chi connectivity index (χ3n) is 6.70. The van der Waals surface area contributed by atoms with Crippen molar-refractivity contribution in [1.29, 1.82) is 0 Å². The summed E-state index contributed by atoms with van der Waals surface area (Å²) in [5.74, 6) is -3.81.